The maximum atomic E-state index is 6.02. The average molecular weight is 278 g/mol. The average Bonchev–Trinajstić information content (AvgIpc) is 2.23. The molecule has 0 aromatic rings. The van der Waals surface area contributed by atoms with Crippen molar-refractivity contribution >= 4 is 0 Å². The fraction of sp³-hybridized carbons (Fsp3) is 1.00. The topological polar surface area (TPSA) is 38.0 Å². The molecular weight excluding hydrogens is 244 g/mol. The Balaban J connectivity index is 1.77. The van der Waals surface area contributed by atoms with Gasteiger partial charge in [0.05, 0.1) is 0 Å². The molecule has 3 unspecified atom stereocenters. The van der Waals surface area contributed by atoms with Gasteiger partial charge in [-0.3, -0.25) is 11.3 Å². The number of hydrazine groups is 1. The van der Waals surface area contributed by atoms with Gasteiger partial charge in [0.2, 0.25) is 0 Å². The molecule has 0 saturated heterocycles. The third-order valence-electron chi connectivity index (χ3n) is 6.52. The number of nitrogens with one attached hydrogen (secondary N) is 1. The zero-order valence-corrected chi connectivity index (χ0v) is 14.0. The van der Waals surface area contributed by atoms with Crippen LogP contribution in [0.25, 0.3) is 0 Å². The molecule has 4 bridgehead atoms. The van der Waals surface area contributed by atoms with E-state index in [0.29, 0.717) is 22.3 Å². The Kier molecular flexibility index (Phi) is 3.49. The lowest BCUT2D eigenvalue weighted by molar-refractivity contribution is -0.120. The Hall–Kier alpha value is -0.0800. The first-order valence-electron chi connectivity index (χ1n) is 8.70. The van der Waals surface area contributed by atoms with Crippen molar-refractivity contribution in [3.8, 4) is 0 Å². The van der Waals surface area contributed by atoms with Crippen molar-refractivity contribution in [1.29, 1.82) is 0 Å². The molecule has 0 amide bonds. The first-order chi connectivity index (χ1) is 9.24. The summed E-state index contributed by atoms with van der Waals surface area (Å²) in [5, 5.41) is 0. The highest BCUT2D eigenvalue weighted by Crippen LogP contribution is 2.66. The van der Waals surface area contributed by atoms with Gasteiger partial charge in [0.15, 0.2) is 0 Å². The van der Waals surface area contributed by atoms with Crippen LogP contribution in [0.15, 0.2) is 0 Å². The smallest absolute Gasteiger partial charge is 0.0267 e. The Bertz CT molecular complexity index is 354. The fourth-order valence-corrected chi connectivity index (χ4v) is 6.35. The quantitative estimate of drug-likeness (QED) is 0.596. The van der Waals surface area contributed by atoms with Crippen molar-refractivity contribution in [2.75, 3.05) is 0 Å². The van der Waals surface area contributed by atoms with E-state index in [4.69, 9.17) is 5.84 Å². The zero-order chi connectivity index (χ0) is 14.6. The maximum Gasteiger partial charge on any atom is 0.0267 e. The van der Waals surface area contributed by atoms with Crippen LogP contribution in [0.3, 0.4) is 0 Å². The minimum absolute atomic E-state index is 0.418. The Morgan fingerprint density at radius 2 is 1.75 bits per heavy atom. The molecule has 4 fully saturated rings. The number of rotatable bonds is 4. The van der Waals surface area contributed by atoms with E-state index >= 15 is 0 Å². The number of hydrogen-bond acceptors (Lipinski definition) is 2. The highest BCUT2D eigenvalue weighted by molar-refractivity contribution is 5.09. The molecule has 4 rings (SSSR count). The van der Waals surface area contributed by atoms with Gasteiger partial charge < -0.3 is 0 Å². The largest absolute Gasteiger partial charge is 0.271 e. The van der Waals surface area contributed by atoms with Gasteiger partial charge in [0.25, 0.3) is 0 Å². The van der Waals surface area contributed by atoms with Crippen molar-refractivity contribution in [3.05, 3.63) is 0 Å². The molecule has 0 aliphatic heterocycles. The summed E-state index contributed by atoms with van der Waals surface area (Å²) in [6, 6.07) is 0.534. The lowest BCUT2D eigenvalue weighted by Gasteiger charge is -2.63. The summed E-state index contributed by atoms with van der Waals surface area (Å²) in [4.78, 5) is 0. The van der Waals surface area contributed by atoms with Crippen LogP contribution in [0.1, 0.15) is 79.1 Å². The molecule has 0 radical (unpaired) electrons. The van der Waals surface area contributed by atoms with E-state index in [9.17, 15) is 0 Å². The van der Waals surface area contributed by atoms with E-state index in [1.54, 1.807) is 0 Å². The van der Waals surface area contributed by atoms with Crippen molar-refractivity contribution in [3.63, 3.8) is 0 Å². The second kappa shape index (κ2) is 4.71. The maximum absolute atomic E-state index is 6.02. The number of nitrogens with two attached hydrogens (primary N) is 1. The van der Waals surface area contributed by atoms with E-state index in [2.05, 4.69) is 33.1 Å². The monoisotopic (exact) mass is 278 g/mol. The van der Waals surface area contributed by atoms with Gasteiger partial charge in [-0.25, -0.2) is 0 Å². The summed E-state index contributed by atoms with van der Waals surface area (Å²) in [6.07, 6.45) is 11.3. The molecule has 4 saturated carbocycles. The van der Waals surface area contributed by atoms with Gasteiger partial charge in [0.1, 0.15) is 0 Å². The minimum atomic E-state index is 0.418. The second-order valence-electron chi connectivity index (χ2n) is 9.95. The first kappa shape index (κ1) is 14.8. The third kappa shape index (κ3) is 2.66. The number of hydrogen-bond donors (Lipinski definition) is 2. The van der Waals surface area contributed by atoms with Crippen molar-refractivity contribution in [2.45, 2.75) is 85.1 Å². The molecule has 3 atom stereocenters. The summed E-state index contributed by atoms with van der Waals surface area (Å²) in [5.41, 5.74) is 4.81. The predicted molar refractivity (Wildman–Crippen MR) is 85.0 cm³/mol. The van der Waals surface area contributed by atoms with Crippen LogP contribution in [-0.2, 0) is 0 Å². The SMILES string of the molecule is CC(C)(C)CCC(NN)C12CC3CC(CC(C)(C3)C1)C2. The lowest BCUT2D eigenvalue weighted by Crippen LogP contribution is -2.59. The molecule has 2 heteroatoms. The van der Waals surface area contributed by atoms with Crippen molar-refractivity contribution < 1.29 is 0 Å². The van der Waals surface area contributed by atoms with Crippen LogP contribution >= 0.6 is 0 Å². The van der Waals surface area contributed by atoms with E-state index in [0.717, 1.165) is 11.8 Å². The Morgan fingerprint density at radius 1 is 1.15 bits per heavy atom. The summed E-state index contributed by atoms with van der Waals surface area (Å²) < 4.78 is 0. The summed E-state index contributed by atoms with van der Waals surface area (Å²) in [5.74, 6) is 8.00. The van der Waals surface area contributed by atoms with Crippen LogP contribution in [0.4, 0.5) is 0 Å². The Morgan fingerprint density at radius 3 is 2.20 bits per heavy atom. The van der Waals surface area contributed by atoms with Crippen LogP contribution in [0.2, 0.25) is 0 Å². The molecule has 116 valence electrons. The van der Waals surface area contributed by atoms with Crippen LogP contribution in [-0.4, -0.2) is 6.04 Å². The molecule has 20 heavy (non-hydrogen) atoms. The van der Waals surface area contributed by atoms with Gasteiger partial charge >= 0.3 is 0 Å². The van der Waals surface area contributed by atoms with Gasteiger partial charge in [-0.1, -0.05) is 27.7 Å². The van der Waals surface area contributed by atoms with E-state index in [-0.39, 0.29) is 0 Å². The summed E-state index contributed by atoms with van der Waals surface area (Å²) in [7, 11) is 0. The van der Waals surface area contributed by atoms with Crippen LogP contribution in [0.5, 0.6) is 0 Å². The molecule has 0 spiro atoms. The molecular formula is C18H34N2. The molecule has 0 aromatic heterocycles. The molecule has 3 N–H and O–H groups in total. The van der Waals surface area contributed by atoms with Gasteiger partial charge in [-0.2, -0.15) is 0 Å². The van der Waals surface area contributed by atoms with E-state index in [1.807, 2.05) is 0 Å². The lowest BCUT2D eigenvalue weighted by atomic mass is 9.43. The highest BCUT2D eigenvalue weighted by atomic mass is 15.2. The minimum Gasteiger partial charge on any atom is -0.271 e. The van der Waals surface area contributed by atoms with Gasteiger partial charge in [0, 0.05) is 6.04 Å². The molecule has 4 aliphatic carbocycles. The summed E-state index contributed by atoms with van der Waals surface area (Å²) >= 11 is 0. The van der Waals surface area contributed by atoms with Crippen molar-refractivity contribution in [2.24, 2.45) is 33.9 Å². The predicted octanol–water partition coefficient (Wildman–Crippen LogP) is 4.25. The third-order valence-corrected chi connectivity index (χ3v) is 6.52. The van der Waals surface area contributed by atoms with Crippen LogP contribution in [0, 0.1) is 28.1 Å². The molecule has 0 heterocycles. The van der Waals surface area contributed by atoms with Crippen LogP contribution < -0.4 is 11.3 Å². The molecule has 2 nitrogen and oxygen atoms in total. The van der Waals surface area contributed by atoms with E-state index < -0.39 is 0 Å². The van der Waals surface area contributed by atoms with E-state index in [1.165, 1.54) is 51.4 Å². The summed E-state index contributed by atoms with van der Waals surface area (Å²) in [6.45, 7) is 9.60. The first-order valence-corrected chi connectivity index (χ1v) is 8.70. The zero-order valence-electron chi connectivity index (χ0n) is 14.0. The Labute approximate surface area is 125 Å². The molecule has 0 aromatic carbocycles. The fourth-order valence-electron chi connectivity index (χ4n) is 6.35. The van der Waals surface area contributed by atoms with Gasteiger partial charge in [-0.15, -0.1) is 0 Å². The standard InChI is InChI=1S/C18H34N2/c1-16(2,3)6-5-15(20-19)18-10-13-7-14(11-18)9-17(4,8-13)12-18/h13-15,20H,5-12,19H2,1-4H3. The van der Waals surface area contributed by atoms with Crippen molar-refractivity contribution in [1.82, 2.24) is 5.43 Å². The second-order valence-corrected chi connectivity index (χ2v) is 9.95. The molecule has 4 aliphatic rings. The highest BCUT2D eigenvalue weighted by Gasteiger charge is 2.58. The normalized spacial score (nSPS) is 44.9. The van der Waals surface area contributed by atoms with Gasteiger partial charge in [-0.05, 0) is 79.4 Å².